The fourth-order valence-corrected chi connectivity index (χ4v) is 2.13. The van der Waals surface area contributed by atoms with E-state index in [4.69, 9.17) is 0 Å². The lowest BCUT2D eigenvalue weighted by molar-refractivity contribution is 0.111. The maximum Gasteiger partial charge on any atom is 0.159 e. The second kappa shape index (κ2) is 9.03. The van der Waals surface area contributed by atoms with E-state index >= 15 is 0 Å². The van der Waals surface area contributed by atoms with E-state index in [0.29, 0.717) is 12.1 Å². The molecule has 0 amide bonds. The van der Waals surface area contributed by atoms with Gasteiger partial charge in [0.25, 0.3) is 0 Å². The first-order chi connectivity index (χ1) is 9.58. The molecule has 4 heteroatoms. The van der Waals surface area contributed by atoms with Gasteiger partial charge in [0.15, 0.2) is 11.6 Å². The average Bonchev–Trinajstić information content (AvgIpc) is 2.44. The molecule has 0 aliphatic heterocycles. The third kappa shape index (κ3) is 5.55. The van der Waals surface area contributed by atoms with Crippen LogP contribution in [0.5, 0.6) is 0 Å². The minimum Gasteiger partial charge on any atom is -0.387 e. The molecule has 0 fully saturated rings. The van der Waals surface area contributed by atoms with Crippen LogP contribution in [-0.4, -0.2) is 29.6 Å². The molecule has 114 valence electrons. The van der Waals surface area contributed by atoms with Gasteiger partial charge in [0, 0.05) is 6.54 Å². The van der Waals surface area contributed by atoms with Crippen molar-refractivity contribution in [1.82, 2.24) is 4.90 Å². The minimum atomic E-state index is -0.907. The van der Waals surface area contributed by atoms with Crippen LogP contribution in [0.2, 0.25) is 0 Å². The van der Waals surface area contributed by atoms with Gasteiger partial charge in [0.1, 0.15) is 0 Å². The Balaban J connectivity index is 2.62. The Morgan fingerprint density at radius 3 is 2.15 bits per heavy atom. The SMILES string of the molecule is CCCCN(CCCC)CC(O)c1ccc(F)c(F)c1. The predicted molar refractivity (Wildman–Crippen MR) is 77.6 cm³/mol. The Kier molecular flexibility index (Phi) is 7.70. The van der Waals surface area contributed by atoms with Crippen molar-refractivity contribution in [2.75, 3.05) is 19.6 Å². The first-order valence-corrected chi connectivity index (χ1v) is 7.43. The number of benzene rings is 1. The molecule has 20 heavy (non-hydrogen) atoms. The summed E-state index contributed by atoms with van der Waals surface area (Å²) in [6.07, 6.45) is 3.58. The Morgan fingerprint density at radius 2 is 1.65 bits per heavy atom. The largest absolute Gasteiger partial charge is 0.387 e. The smallest absolute Gasteiger partial charge is 0.159 e. The van der Waals surface area contributed by atoms with Crippen LogP contribution in [0.15, 0.2) is 18.2 Å². The molecule has 0 aliphatic rings. The molecule has 1 N–H and O–H groups in total. The van der Waals surface area contributed by atoms with Crippen molar-refractivity contribution in [2.24, 2.45) is 0 Å². The van der Waals surface area contributed by atoms with Gasteiger partial charge in [-0.25, -0.2) is 8.78 Å². The number of rotatable bonds is 9. The standard InChI is InChI=1S/C16H25F2NO/c1-3-5-9-19(10-6-4-2)12-16(20)13-7-8-14(17)15(18)11-13/h7-8,11,16,20H,3-6,9-10,12H2,1-2H3. The monoisotopic (exact) mass is 285 g/mol. The molecule has 1 rings (SSSR count). The highest BCUT2D eigenvalue weighted by Crippen LogP contribution is 2.18. The highest BCUT2D eigenvalue weighted by molar-refractivity contribution is 5.20. The predicted octanol–water partition coefficient (Wildman–Crippen LogP) is 3.90. The summed E-state index contributed by atoms with van der Waals surface area (Å²) in [5.41, 5.74) is 0.432. The van der Waals surface area contributed by atoms with E-state index in [1.54, 1.807) is 0 Å². The molecular weight excluding hydrogens is 260 g/mol. The third-order valence-electron chi connectivity index (χ3n) is 3.42. The number of aliphatic hydroxyl groups excluding tert-OH is 1. The molecule has 1 unspecified atom stereocenters. The molecule has 0 saturated heterocycles. The second-order valence-corrected chi connectivity index (χ2v) is 5.20. The van der Waals surface area contributed by atoms with Crippen molar-refractivity contribution in [3.63, 3.8) is 0 Å². The van der Waals surface area contributed by atoms with Gasteiger partial charge in [-0.05, 0) is 43.6 Å². The van der Waals surface area contributed by atoms with Crippen LogP contribution in [0.1, 0.15) is 51.2 Å². The van der Waals surface area contributed by atoms with Crippen molar-refractivity contribution in [3.8, 4) is 0 Å². The van der Waals surface area contributed by atoms with Gasteiger partial charge in [-0.3, -0.25) is 0 Å². The highest BCUT2D eigenvalue weighted by Gasteiger charge is 2.15. The second-order valence-electron chi connectivity index (χ2n) is 5.20. The fraction of sp³-hybridized carbons (Fsp3) is 0.625. The van der Waals surface area contributed by atoms with E-state index in [1.807, 2.05) is 0 Å². The summed E-state index contributed by atoms with van der Waals surface area (Å²) in [6, 6.07) is 3.59. The number of unbranched alkanes of at least 4 members (excludes halogenated alkanes) is 2. The van der Waals surface area contributed by atoms with Crippen molar-refractivity contribution >= 4 is 0 Å². The average molecular weight is 285 g/mol. The molecule has 2 nitrogen and oxygen atoms in total. The lowest BCUT2D eigenvalue weighted by Gasteiger charge is -2.25. The molecule has 0 bridgehead atoms. The van der Waals surface area contributed by atoms with Crippen LogP contribution < -0.4 is 0 Å². The Morgan fingerprint density at radius 1 is 1.05 bits per heavy atom. The normalized spacial score (nSPS) is 12.9. The van der Waals surface area contributed by atoms with Gasteiger partial charge in [0.2, 0.25) is 0 Å². The molecule has 0 radical (unpaired) electrons. The first kappa shape index (κ1) is 17.1. The van der Waals surface area contributed by atoms with E-state index in [1.165, 1.54) is 6.07 Å². The molecular formula is C16H25F2NO. The number of nitrogens with zero attached hydrogens (tertiary/aromatic N) is 1. The topological polar surface area (TPSA) is 23.5 Å². The molecule has 0 saturated carbocycles. The summed E-state index contributed by atoms with van der Waals surface area (Å²) in [7, 11) is 0. The van der Waals surface area contributed by atoms with E-state index in [2.05, 4.69) is 18.7 Å². The lowest BCUT2D eigenvalue weighted by atomic mass is 10.1. The molecule has 1 aromatic carbocycles. The van der Waals surface area contributed by atoms with E-state index in [9.17, 15) is 13.9 Å². The molecule has 0 heterocycles. The summed E-state index contributed by atoms with van der Waals surface area (Å²) in [5, 5.41) is 10.2. The van der Waals surface area contributed by atoms with Gasteiger partial charge in [-0.15, -0.1) is 0 Å². The Labute approximate surface area is 120 Å². The van der Waals surface area contributed by atoms with Crippen LogP contribution >= 0.6 is 0 Å². The van der Waals surface area contributed by atoms with Crippen LogP contribution in [-0.2, 0) is 0 Å². The van der Waals surface area contributed by atoms with Crippen LogP contribution in [0.4, 0.5) is 8.78 Å². The van der Waals surface area contributed by atoms with E-state index < -0.39 is 17.7 Å². The summed E-state index contributed by atoms with van der Waals surface area (Å²) in [6.45, 7) is 6.58. The van der Waals surface area contributed by atoms with Gasteiger partial charge < -0.3 is 10.0 Å². The van der Waals surface area contributed by atoms with Crippen molar-refractivity contribution in [3.05, 3.63) is 35.4 Å². The highest BCUT2D eigenvalue weighted by atomic mass is 19.2. The van der Waals surface area contributed by atoms with Crippen molar-refractivity contribution in [2.45, 2.75) is 45.6 Å². The molecule has 1 atom stereocenters. The van der Waals surface area contributed by atoms with E-state index in [0.717, 1.165) is 50.9 Å². The maximum atomic E-state index is 13.2. The van der Waals surface area contributed by atoms with Crippen LogP contribution in [0, 0.1) is 11.6 Å². The lowest BCUT2D eigenvalue weighted by Crippen LogP contribution is -2.30. The number of aliphatic hydroxyl groups is 1. The number of hydrogen-bond donors (Lipinski definition) is 1. The maximum absolute atomic E-state index is 13.2. The van der Waals surface area contributed by atoms with Crippen molar-refractivity contribution < 1.29 is 13.9 Å². The zero-order valence-electron chi connectivity index (χ0n) is 12.4. The minimum absolute atomic E-state index is 0.432. The molecule has 0 spiro atoms. The van der Waals surface area contributed by atoms with Gasteiger partial charge in [-0.2, -0.15) is 0 Å². The van der Waals surface area contributed by atoms with Gasteiger partial charge >= 0.3 is 0 Å². The summed E-state index contributed by atoms with van der Waals surface area (Å²) in [4.78, 5) is 2.19. The Bertz CT molecular complexity index is 390. The number of hydrogen-bond acceptors (Lipinski definition) is 2. The summed E-state index contributed by atoms with van der Waals surface area (Å²) >= 11 is 0. The zero-order chi connectivity index (χ0) is 15.0. The molecule has 0 aliphatic carbocycles. The van der Waals surface area contributed by atoms with Crippen molar-refractivity contribution in [1.29, 1.82) is 0 Å². The Hall–Kier alpha value is -1.00. The van der Waals surface area contributed by atoms with Crippen LogP contribution in [0.3, 0.4) is 0 Å². The quantitative estimate of drug-likeness (QED) is 0.744. The third-order valence-corrected chi connectivity index (χ3v) is 3.42. The van der Waals surface area contributed by atoms with Crippen LogP contribution in [0.25, 0.3) is 0 Å². The fourth-order valence-electron chi connectivity index (χ4n) is 2.13. The summed E-state index contributed by atoms with van der Waals surface area (Å²) < 4.78 is 26.1. The van der Waals surface area contributed by atoms with E-state index in [-0.39, 0.29) is 0 Å². The molecule has 0 aromatic heterocycles. The summed E-state index contributed by atoms with van der Waals surface area (Å²) in [5.74, 6) is -1.79. The molecule has 1 aromatic rings. The zero-order valence-corrected chi connectivity index (χ0v) is 12.4. The number of halogens is 2. The van der Waals surface area contributed by atoms with Gasteiger partial charge in [0.05, 0.1) is 6.10 Å². The first-order valence-electron chi connectivity index (χ1n) is 7.43. The van der Waals surface area contributed by atoms with Gasteiger partial charge in [-0.1, -0.05) is 32.8 Å².